The molecule has 2 aromatic rings. The Labute approximate surface area is 115 Å². The van der Waals surface area contributed by atoms with Gasteiger partial charge in [0.1, 0.15) is 0 Å². The van der Waals surface area contributed by atoms with Crippen molar-refractivity contribution in [1.29, 1.82) is 0 Å². The Morgan fingerprint density at radius 1 is 1.40 bits per heavy atom. The fourth-order valence-corrected chi connectivity index (χ4v) is 1.95. The van der Waals surface area contributed by atoms with Gasteiger partial charge in [0.15, 0.2) is 0 Å². The van der Waals surface area contributed by atoms with E-state index in [0.29, 0.717) is 16.3 Å². The fourth-order valence-electron chi connectivity index (χ4n) is 1.95. The minimum absolute atomic E-state index is 0.371. The minimum Gasteiger partial charge on any atom is -0.480 e. The summed E-state index contributed by atoms with van der Waals surface area (Å²) in [6.45, 7) is 5.39. The van der Waals surface area contributed by atoms with Gasteiger partial charge in [0.2, 0.25) is 0 Å². The van der Waals surface area contributed by atoms with Gasteiger partial charge in [0.25, 0.3) is 5.95 Å². The van der Waals surface area contributed by atoms with E-state index in [4.69, 9.17) is 4.42 Å². The highest BCUT2D eigenvalue weighted by Gasteiger charge is 2.12. The molecule has 0 radical (unpaired) electrons. The Kier molecular flexibility index (Phi) is 3.79. The van der Waals surface area contributed by atoms with E-state index in [0.717, 1.165) is 11.3 Å². The number of hydrogen-bond donors (Lipinski definition) is 1. The van der Waals surface area contributed by atoms with Crippen LogP contribution in [0.3, 0.4) is 0 Å². The molecule has 0 atom stereocenters. The summed E-state index contributed by atoms with van der Waals surface area (Å²) >= 11 is 0. The van der Waals surface area contributed by atoms with Crippen LogP contribution in [0.1, 0.15) is 18.1 Å². The lowest BCUT2D eigenvalue weighted by Crippen LogP contribution is -2.04. The highest BCUT2D eigenvalue weighted by atomic mass is 16.5. The van der Waals surface area contributed by atoms with Crippen molar-refractivity contribution in [3.8, 4) is 5.95 Å². The molecule has 0 saturated heterocycles. The Hall–Kier alpha value is -2.69. The molecule has 0 aliphatic heterocycles. The SMILES string of the molecule is C=CN=C(C)c1ccc2c(=O)oc(O)c(C=NC)c2c1. The van der Waals surface area contributed by atoms with E-state index in [1.54, 1.807) is 25.2 Å². The zero-order valence-corrected chi connectivity index (χ0v) is 11.3. The number of hydrogen-bond acceptors (Lipinski definition) is 5. The number of aliphatic imine (C=N–C) groups is 2. The molecule has 0 fully saturated rings. The third-order valence-corrected chi connectivity index (χ3v) is 2.91. The molecular formula is C15H14N2O3. The quantitative estimate of drug-likeness (QED) is 0.871. The van der Waals surface area contributed by atoms with Gasteiger partial charge in [-0.2, -0.15) is 0 Å². The summed E-state index contributed by atoms with van der Waals surface area (Å²) in [6, 6.07) is 5.18. The standard InChI is InChI=1S/C15H14N2O3/c1-4-17-9(2)10-5-6-11-12(7-10)13(8-16-3)15(19)20-14(11)18/h4-8,19H,1H2,2-3H3. The minimum atomic E-state index is -0.587. The summed E-state index contributed by atoms with van der Waals surface area (Å²) in [6.07, 6.45) is 2.90. The zero-order valence-electron chi connectivity index (χ0n) is 11.3. The van der Waals surface area contributed by atoms with Gasteiger partial charge in [-0.05, 0) is 24.6 Å². The Morgan fingerprint density at radius 3 is 2.80 bits per heavy atom. The van der Waals surface area contributed by atoms with Crippen LogP contribution >= 0.6 is 0 Å². The van der Waals surface area contributed by atoms with Gasteiger partial charge in [-0.15, -0.1) is 0 Å². The van der Waals surface area contributed by atoms with Crippen molar-refractivity contribution in [3.63, 3.8) is 0 Å². The van der Waals surface area contributed by atoms with E-state index >= 15 is 0 Å². The van der Waals surface area contributed by atoms with Gasteiger partial charge in [-0.1, -0.05) is 12.6 Å². The van der Waals surface area contributed by atoms with Crippen LogP contribution in [0.15, 0.2) is 50.2 Å². The first-order valence-corrected chi connectivity index (χ1v) is 5.96. The number of rotatable bonds is 3. The van der Waals surface area contributed by atoms with Gasteiger partial charge in [-0.3, -0.25) is 9.98 Å². The van der Waals surface area contributed by atoms with Crippen LogP contribution in [0, 0.1) is 0 Å². The van der Waals surface area contributed by atoms with Crippen molar-refractivity contribution < 1.29 is 9.52 Å². The normalized spacial score (nSPS) is 12.2. The summed E-state index contributed by atoms with van der Waals surface area (Å²) in [7, 11) is 1.57. The lowest BCUT2D eigenvalue weighted by atomic mass is 10.0. The molecule has 20 heavy (non-hydrogen) atoms. The second kappa shape index (κ2) is 5.52. The number of aromatic hydroxyl groups is 1. The summed E-state index contributed by atoms with van der Waals surface area (Å²) < 4.78 is 4.78. The third kappa shape index (κ3) is 2.38. The Balaban J connectivity index is 2.84. The smallest absolute Gasteiger partial charge is 0.346 e. The largest absolute Gasteiger partial charge is 0.480 e. The predicted octanol–water partition coefficient (Wildman–Crippen LogP) is 2.50. The van der Waals surface area contributed by atoms with Crippen LogP contribution in [0.5, 0.6) is 5.95 Å². The van der Waals surface area contributed by atoms with E-state index in [1.165, 1.54) is 12.4 Å². The molecule has 0 bridgehead atoms. The summed E-state index contributed by atoms with van der Waals surface area (Å²) in [5.41, 5.74) is 1.37. The molecule has 1 heterocycles. The number of nitrogens with zero attached hydrogens (tertiary/aromatic N) is 2. The Bertz CT molecular complexity index is 786. The van der Waals surface area contributed by atoms with Crippen molar-refractivity contribution in [1.82, 2.24) is 0 Å². The lowest BCUT2D eigenvalue weighted by molar-refractivity contribution is 0.312. The maximum atomic E-state index is 11.7. The van der Waals surface area contributed by atoms with Crippen molar-refractivity contribution >= 4 is 22.7 Å². The molecule has 0 spiro atoms. The first-order valence-electron chi connectivity index (χ1n) is 5.96. The van der Waals surface area contributed by atoms with Crippen LogP contribution in [0.25, 0.3) is 10.8 Å². The van der Waals surface area contributed by atoms with Crippen molar-refractivity contribution in [2.24, 2.45) is 9.98 Å². The molecule has 1 N–H and O–H groups in total. The molecule has 0 saturated carbocycles. The van der Waals surface area contributed by atoms with Crippen LogP contribution in [-0.4, -0.2) is 24.1 Å². The summed E-state index contributed by atoms with van der Waals surface area (Å²) in [5.74, 6) is -0.441. The van der Waals surface area contributed by atoms with E-state index in [-0.39, 0.29) is 0 Å². The van der Waals surface area contributed by atoms with E-state index in [9.17, 15) is 9.90 Å². The number of fused-ring (bicyclic) bond motifs is 1. The second-order valence-corrected chi connectivity index (χ2v) is 4.15. The highest BCUT2D eigenvalue weighted by molar-refractivity contribution is 6.06. The van der Waals surface area contributed by atoms with Crippen LogP contribution in [0.4, 0.5) is 0 Å². The molecule has 0 aliphatic rings. The molecule has 102 valence electrons. The van der Waals surface area contributed by atoms with Gasteiger partial charge in [0, 0.05) is 30.6 Å². The molecule has 2 rings (SSSR count). The molecule has 1 aromatic heterocycles. The second-order valence-electron chi connectivity index (χ2n) is 4.15. The van der Waals surface area contributed by atoms with E-state index in [2.05, 4.69) is 16.6 Å². The van der Waals surface area contributed by atoms with E-state index in [1.807, 2.05) is 6.92 Å². The van der Waals surface area contributed by atoms with Crippen molar-refractivity contribution in [2.75, 3.05) is 7.05 Å². The molecule has 0 aliphatic carbocycles. The lowest BCUT2D eigenvalue weighted by Gasteiger charge is -2.06. The van der Waals surface area contributed by atoms with Gasteiger partial charge in [-0.25, -0.2) is 4.79 Å². The van der Waals surface area contributed by atoms with Crippen LogP contribution in [0.2, 0.25) is 0 Å². The van der Waals surface area contributed by atoms with E-state index < -0.39 is 11.6 Å². The molecular weight excluding hydrogens is 256 g/mol. The first-order chi connectivity index (χ1) is 9.58. The molecule has 1 aromatic carbocycles. The zero-order chi connectivity index (χ0) is 14.7. The van der Waals surface area contributed by atoms with Gasteiger partial charge < -0.3 is 9.52 Å². The maximum absolute atomic E-state index is 11.7. The monoisotopic (exact) mass is 270 g/mol. The van der Waals surface area contributed by atoms with Crippen molar-refractivity contribution in [3.05, 3.63) is 52.5 Å². The number of benzene rings is 1. The Morgan fingerprint density at radius 2 is 2.15 bits per heavy atom. The predicted molar refractivity (Wildman–Crippen MR) is 80.1 cm³/mol. The average molecular weight is 270 g/mol. The van der Waals surface area contributed by atoms with Crippen molar-refractivity contribution in [2.45, 2.75) is 6.92 Å². The summed E-state index contributed by atoms with van der Waals surface area (Å²) in [4.78, 5) is 19.7. The third-order valence-electron chi connectivity index (χ3n) is 2.91. The average Bonchev–Trinajstić information content (AvgIpc) is 2.43. The first kappa shape index (κ1) is 13.7. The van der Waals surface area contributed by atoms with Gasteiger partial charge >= 0.3 is 5.63 Å². The molecule has 0 unspecified atom stereocenters. The molecule has 5 heteroatoms. The molecule has 5 nitrogen and oxygen atoms in total. The van der Waals surface area contributed by atoms with Crippen LogP contribution in [-0.2, 0) is 0 Å². The summed E-state index contributed by atoms with van der Waals surface area (Å²) in [5, 5.41) is 10.7. The van der Waals surface area contributed by atoms with Crippen LogP contribution < -0.4 is 5.63 Å². The fraction of sp³-hybridized carbons (Fsp3) is 0.133. The highest BCUT2D eigenvalue weighted by Crippen LogP contribution is 2.24. The topological polar surface area (TPSA) is 75.2 Å². The maximum Gasteiger partial charge on any atom is 0.346 e. The van der Waals surface area contributed by atoms with Gasteiger partial charge in [0.05, 0.1) is 10.9 Å². The molecule has 0 amide bonds.